The Balaban J connectivity index is 1.40. The Morgan fingerprint density at radius 1 is 1.26 bits per heavy atom. The fourth-order valence-electron chi connectivity index (χ4n) is 4.93. The van der Waals surface area contributed by atoms with Gasteiger partial charge in [-0.25, -0.2) is 4.79 Å². The lowest BCUT2D eigenvalue weighted by molar-refractivity contribution is -0.117. The van der Waals surface area contributed by atoms with Crippen molar-refractivity contribution in [2.24, 2.45) is 0 Å². The summed E-state index contributed by atoms with van der Waals surface area (Å²) >= 11 is 0. The van der Waals surface area contributed by atoms with Crippen molar-refractivity contribution in [1.82, 2.24) is 20.5 Å². The number of piperidine rings is 1. The number of urea groups is 1. The standard InChI is InChI=1S/C28H26N6O3S/c1-17-14-20(37-19-7-3-2-4-8-19)9-10-22(17)38-25(26(35)31-18-6-5-13-34(15-18)16-29)24-23-21(32-28(36)33-24)11-12-30-27(23)38/h2-4,7-12,14,18,38H,5-6,13,15H2,1H3,(H,31,35)(H2,32,33,36)/i2D,3D,4D,7D,8D. The van der Waals surface area contributed by atoms with E-state index in [2.05, 4.69) is 27.1 Å². The van der Waals surface area contributed by atoms with Gasteiger partial charge in [-0.2, -0.15) is 5.26 Å². The SMILES string of the molecule is [2H]c1c([2H])c([2H])c(Oc2ccc([SH]3C(C(=O)NC4CCCN(C#N)C4)=C4NC(=O)Nc5ccnc3c54)c(C)c2)c([2H])c1[2H]. The molecule has 1 saturated heterocycles. The van der Waals surface area contributed by atoms with Gasteiger partial charge in [0, 0.05) is 30.2 Å². The van der Waals surface area contributed by atoms with E-state index in [1.807, 2.05) is 6.92 Å². The first kappa shape index (κ1) is 18.7. The van der Waals surface area contributed by atoms with Crippen molar-refractivity contribution in [2.45, 2.75) is 35.7 Å². The quantitative estimate of drug-likeness (QED) is 0.285. The molecule has 1 aromatic heterocycles. The number of rotatable bonds is 5. The van der Waals surface area contributed by atoms with Gasteiger partial charge in [0.15, 0.2) is 6.19 Å². The van der Waals surface area contributed by atoms with Crippen LogP contribution in [0.15, 0.2) is 75.5 Å². The van der Waals surface area contributed by atoms with Crippen LogP contribution in [0.25, 0.3) is 5.70 Å². The summed E-state index contributed by atoms with van der Waals surface area (Å²) in [6.07, 6.45) is 5.22. The number of carbonyl (C=O) groups is 2. The van der Waals surface area contributed by atoms with Crippen molar-refractivity contribution in [2.75, 3.05) is 18.4 Å². The van der Waals surface area contributed by atoms with Crippen LogP contribution >= 0.6 is 10.9 Å². The van der Waals surface area contributed by atoms with Gasteiger partial charge < -0.3 is 25.6 Å². The van der Waals surface area contributed by atoms with Crippen LogP contribution in [0.4, 0.5) is 10.5 Å². The molecule has 10 heteroatoms. The van der Waals surface area contributed by atoms with E-state index < -0.39 is 47.1 Å². The van der Waals surface area contributed by atoms with Crippen LogP contribution in [0.1, 0.15) is 30.8 Å². The normalized spacial score (nSPS) is 22.5. The molecule has 0 spiro atoms. The summed E-state index contributed by atoms with van der Waals surface area (Å²) in [5.41, 5.74) is 2.32. The Morgan fingerprint density at radius 2 is 2.11 bits per heavy atom. The zero-order chi connectivity index (χ0) is 30.6. The molecular formula is C28H26N6O3S. The molecule has 0 radical (unpaired) electrons. The van der Waals surface area contributed by atoms with Crippen LogP contribution in [0, 0.1) is 18.4 Å². The fourth-order valence-corrected chi connectivity index (χ4v) is 7.55. The third-order valence-corrected chi connectivity index (χ3v) is 9.18. The van der Waals surface area contributed by atoms with Gasteiger partial charge in [-0.1, -0.05) is 18.1 Å². The van der Waals surface area contributed by atoms with E-state index in [0.29, 0.717) is 45.5 Å². The number of nitrogens with one attached hydrogen (secondary N) is 3. The van der Waals surface area contributed by atoms with Crippen LogP contribution in [-0.4, -0.2) is 41.0 Å². The van der Waals surface area contributed by atoms with Crippen molar-refractivity contribution in [3.8, 4) is 17.7 Å². The first-order chi connectivity index (χ1) is 20.6. The molecule has 6 rings (SSSR count). The topological polar surface area (TPSA) is 119 Å². The van der Waals surface area contributed by atoms with E-state index in [0.717, 1.165) is 17.7 Å². The molecule has 3 aliphatic rings. The number of nitriles is 1. The van der Waals surface area contributed by atoms with E-state index in [4.69, 9.17) is 11.6 Å². The molecule has 38 heavy (non-hydrogen) atoms. The second-order valence-corrected chi connectivity index (χ2v) is 11.1. The number of amides is 3. The highest BCUT2D eigenvalue weighted by molar-refractivity contribution is 8.21. The molecule has 1 fully saturated rings. The van der Waals surface area contributed by atoms with Gasteiger partial charge in [0.05, 0.1) is 33.7 Å². The van der Waals surface area contributed by atoms with Crippen molar-refractivity contribution >= 4 is 34.2 Å². The first-order valence-electron chi connectivity index (χ1n) is 14.5. The molecule has 192 valence electrons. The maximum Gasteiger partial charge on any atom is 0.323 e. The van der Waals surface area contributed by atoms with E-state index in [1.54, 1.807) is 35.4 Å². The number of nitrogens with zero attached hydrogens (tertiary/aromatic N) is 3. The van der Waals surface area contributed by atoms with E-state index in [-0.39, 0.29) is 23.4 Å². The number of carbonyl (C=O) groups excluding carboxylic acids is 2. The van der Waals surface area contributed by atoms with Crippen molar-refractivity contribution in [3.05, 3.63) is 76.7 Å². The number of aryl methyl sites for hydroxylation is 1. The van der Waals surface area contributed by atoms with Gasteiger partial charge >= 0.3 is 6.03 Å². The number of para-hydroxylation sites is 1. The van der Waals surface area contributed by atoms with Crippen LogP contribution in [0.2, 0.25) is 0 Å². The molecule has 3 N–H and O–H groups in total. The third kappa shape index (κ3) is 4.31. The number of aromatic nitrogens is 1. The lowest BCUT2D eigenvalue weighted by Crippen LogP contribution is -2.46. The number of hydrogen-bond donors (Lipinski definition) is 4. The van der Waals surface area contributed by atoms with Crippen molar-refractivity contribution in [1.29, 1.82) is 5.26 Å². The highest BCUT2D eigenvalue weighted by Gasteiger charge is 2.41. The van der Waals surface area contributed by atoms with Gasteiger partial charge in [-0.05, 0) is 61.7 Å². The Hall–Kier alpha value is -4.49. The first-order valence-corrected chi connectivity index (χ1v) is 13.4. The summed E-state index contributed by atoms with van der Waals surface area (Å²) in [7, 11) is -1.55. The van der Waals surface area contributed by atoms with Crippen LogP contribution in [-0.2, 0) is 4.79 Å². The van der Waals surface area contributed by atoms with E-state index in [1.165, 1.54) is 0 Å². The molecule has 3 aliphatic heterocycles. The monoisotopic (exact) mass is 531 g/mol. The zero-order valence-electron chi connectivity index (χ0n) is 25.3. The molecule has 0 bridgehead atoms. The number of pyridine rings is 1. The molecule has 4 heterocycles. The molecule has 2 unspecified atom stereocenters. The Kier molecular flexibility index (Phi) is 4.80. The number of hydrogen-bond acceptors (Lipinski definition) is 6. The summed E-state index contributed by atoms with van der Waals surface area (Å²) in [5, 5.41) is 18.7. The second-order valence-electron chi connectivity index (χ2n) is 9.06. The van der Waals surface area contributed by atoms with Crippen molar-refractivity contribution < 1.29 is 21.2 Å². The van der Waals surface area contributed by atoms with Crippen LogP contribution < -0.4 is 20.7 Å². The summed E-state index contributed by atoms with van der Waals surface area (Å²) in [5.74, 6) is -0.387. The molecule has 3 amide bonds. The highest BCUT2D eigenvalue weighted by atomic mass is 32.2. The number of ether oxygens (including phenoxy) is 1. The Morgan fingerprint density at radius 3 is 2.89 bits per heavy atom. The molecule has 9 nitrogen and oxygen atoms in total. The number of likely N-dealkylation sites (tertiary alicyclic amines) is 1. The molecule has 0 aliphatic carbocycles. The number of anilines is 1. The maximum absolute atomic E-state index is 14.0. The minimum absolute atomic E-state index is 0.242. The molecule has 2 aromatic carbocycles. The van der Waals surface area contributed by atoms with E-state index in [9.17, 15) is 14.9 Å². The minimum Gasteiger partial charge on any atom is -0.457 e. The van der Waals surface area contributed by atoms with Crippen LogP contribution in [0.3, 0.4) is 0 Å². The van der Waals surface area contributed by atoms with E-state index >= 15 is 0 Å². The largest absolute Gasteiger partial charge is 0.457 e. The Labute approximate surface area is 229 Å². The van der Waals surface area contributed by atoms with Gasteiger partial charge in [0.25, 0.3) is 5.91 Å². The smallest absolute Gasteiger partial charge is 0.323 e. The van der Waals surface area contributed by atoms with Crippen LogP contribution in [0.5, 0.6) is 11.5 Å². The lowest BCUT2D eigenvalue weighted by Gasteiger charge is -2.30. The average Bonchev–Trinajstić information content (AvgIpc) is 3.32. The Bertz CT molecular complexity index is 1770. The highest BCUT2D eigenvalue weighted by Crippen LogP contribution is 2.61. The summed E-state index contributed by atoms with van der Waals surface area (Å²) < 4.78 is 45.8. The number of thiol groups is 1. The van der Waals surface area contributed by atoms with Gasteiger partial charge in [-0.3, -0.25) is 9.78 Å². The zero-order valence-corrected chi connectivity index (χ0v) is 21.2. The molecule has 0 saturated carbocycles. The maximum atomic E-state index is 14.0. The molecule has 3 aromatic rings. The lowest BCUT2D eigenvalue weighted by atomic mass is 10.1. The third-order valence-electron chi connectivity index (χ3n) is 6.56. The van der Waals surface area contributed by atoms with Gasteiger partial charge in [0.1, 0.15) is 11.5 Å². The molecular weight excluding hydrogens is 500 g/mol. The minimum atomic E-state index is -1.55. The van der Waals surface area contributed by atoms with Crippen molar-refractivity contribution in [3.63, 3.8) is 0 Å². The number of benzene rings is 2. The average molecular weight is 532 g/mol. The summed E-state index contributed by atoms with van der Waals surface area (Å²) in [6.45, 7) is 2.86. The fraction of sp³-hybridized carbons (Fsp3) is 0.214. The van der Waals surface area contributed by atoms with Gasteiger partial charge in [0.2, 0.25) is 0 Å². The predicted molar refractivity (Wildman–Crippen MR) is 145 cm³/mol. The summed E-state index contributed by atoms with van der Waals surface area (Å²) in [4.78, 5) is 34.0. The predicted octanol–water partition coefficient (Wildman–Crippen LogP) is 4.48. The van der Waals surface area contributed by atoms with Gasteiger partial charge in [-0.15, -0.1) is 10.9 Å². The molecule has 2 atom stereocenters. The second kappa shape index (κ2) is 9.76. The summed E-state index contributed by atoms with van der Waals surface area (Å²) in [6, 6.07) is 3.63.